The van der Waals surface area contributed by atoms with Crippen LogP contribution in [0.5, 0.6) is 11.5 Å². The lowest BCUT2D eigenvalue weighted by Crippen LogP contribution is -2.06. The highest BCUT2D eigenvalue weighted by molar-refractivity contribution is 5.94. The summed E-state index contributed by atoms with van der Waals surface area (Å²) < 4.78 is 9.63. The monoisotopic (exact) mass is 211 g/mol. The number of hydrogen-bond donors (Lipinski definition) is 2. The van der Waals surface area contributed by atoms with Crippen molar-refractivity contribution in [3.63, 3.8) is 0 Å². The van der Waals surface area contributed by atoms with Gasteiger partial charge in [0, 0.05) is 6.07 Å². The molecule has 0 unspecified atom stereocenters. The number of rotatable bonds is 3. The number of methoxy groups -OCH3 is 1. The topological polar surface area (TPSA) is 81.8 Å². The predicted molar refractivity (Wildman–Crippen MR) is 55.0 cm³/mol. The Labute approximate surface area is 87.4 Å². The van der Waals surface area contributed by atoms with Crippen LogP contribution in [-0.2, 0) is 4.74 Å². The lowest BCUT2D eigenvalue weighted by molar-refractivity contribution is 0.0523. The van der Waals surface area contributed by atoms with Gasteiger partial charge in [-0.2, -0.15) is 0 Å². The summed E-state index contributed by atoms with van der Waals surface area (Å²) in [6.07, 6.45) is 0. The summed E-state index contributed by atoms with van der Waals surface area (Å²) in [6, 6.07) is 2.60. The number of phenols is 1. The number of anilines is 1. The second-order valence-corrected chi connectivity index (χ2v) is 2.83. The van der Waals surface area contributed by atoms with Crippen LogP contribution >= 0.6 is 0 Å². The molecule has 3 N–H and O–H groups in total. The summed E-state index contributed by atoms with van der Waals surface area (Å²) in [4.78, 5) is 11.3. The fourth-order valence-corrected chi connectivity index (χ4v) is 1.13. The minimum absolute atomic E-state index is 0.0372. The van der Waals surface area contributed by atoms with E-state index in [-0.39, 0.29) is 23.6 Å². The Kier molecular flexibility index (Phi) is 3.38. The number of benzene rings is 1. The van der Waals surface area contributed by atoms with Crippen LogP contribution in [0.3, 0.4) is 0 Å². The van der Waals surface area contributed by atoms with Crippen molar-refractivity contribution in [2.45, 2.75) is 6.92 Å². The Morgan fingerprint density at radius 3 is 2.73 bits per heavy atom. The molecule has 0 atom stereocenters. The van der Waals surface area contributed by atoms with Gasteiger partial charge in [-0.3, -0.25) is 0 Å². The van der Waals surface area contributed by atoms with Gasteiger partial charge in [-0.05, 0) is 13.0 Å². The number of nitrogens with two attached hydrogens (primary N) is 1. The number of carbonyl (C=O) groups is 1. The van der Waals surface area contributed by atoms with Gasteiger partial charge in [0.15, 0.2) is 0 Å². The molecule has 0 aliphatic heterocycles. The number of phenolic OH excluding ortho intramolecular Hbond substituents is 1. The smallest absolute Gasteiger partial charge is 0.341 e. The highest BCUT2D eigenvalue weighted by atomic mass is 16.5. The third kappa shape index (κ3) is 2.31. The third-order valence-corrected chi connectivity index (χ3v) is 1.84. The molecular weight excluding hydrogens is 198 g/mol. The minimum Gasteiger partial charge on any atom is -0.507 e. The van der Waals surface area contributed by atoms with Crippen molar-refractivity contribution in [2.75, 3.05) is 19.5 Å². The molecule has 0 saturated carbocycles. The third-order valence-electron chi connectivity index (χ3n) is 1.84. The fourth-order valence-electron chi connectivity index (χ4n) is 1.13. The van der Waals surface area contributed by atoms with Crippen LogP contribution in [0.1, 0.15) is 17.3 Å². The van der Waals surface area contributed by atoms with Gasteiger partial charge in [0.2, 0.25) is 0 Å². The van der Waals surface area contributed by atoms with E-state index in [0.717, 1.165) is 0 Å². The average molecular weight is 211 g/mol. The lowest BCUT2D eigenvalue weighted by atomic mass is 10.1. The zero-order chi connectivity index (χ0) is 11.4. The van der Waals surface area contributed by atoms with E-state index >= 15 is 0 Å². The Balaban J connectivity index is 3.10. The molecule has 1 aromatic rings. The van der Waals surface area contributed by atoms with Crippen molar-refractivity contribution in [1.82, 2.24) is 0 Å². The molecule has 1 rings (SSSR count). The maximum absolute atomic E-state index is 11.3. The highest BCUT2D eigenvalue weighted by Gasteiger charge is 2.15. The van der Waals surface area contributed by atoms with E-state index in [0.29, 0.717) is 5.75 Å². The average Bonchev–Trinajstić information content (AvgIpc) is 2.21. The van der Waals surface area contributed by atoms with Crippen molar-refractivity contribution in [3.05, 3.63) is 17.7 Å². The first-order valence-corrected chi connectivity index (χ1v) is 4.43. The minimum atomic E-state index is -0.607. The first-order valence-electron chi connectivity index (χ1n) is 4.43. The van der Waals surface area contributed by atoms with E-state index in [1.165, 1.54) is 19.2 Å². The number of carbonyl (C=O) groups excluding carboxylic acids is 1. The van der Waals surface area contributed by atoms with Crippen LogP contribution in [0.4, 0.5) is 5.69 Å². The molecule has 0 fully saturated rings. The van der Waals surface area contributed by atoms with Crippen LogP contribution in [-0.4, -0.2) is 24.8 Å². The summed E-state index contributed by atoms with van der Waals surface area (Å²) in [6.45, 7) is 1.92. The fraction of sp³-hybridized carbons (Fsp3) is 0.300. The molecule has 5 nitrogen and oxygen atoms in total. The molecular formula is C10H13NO4. The molecule has 0 spiro atoms. The molecule has 0 aliphatic carbocycles. The second-order valence-electron chi connectivity index (χ2n) is 2.83. The zero-order valence-corrected chi connectivity index (χ0v) is 8.61. The molecule has 1 aromatic carbocycles. The van der Waals surface area contributed by atoms with Gasteiger partial charge < -0.3 is 20.3 Å². The van der Waals surface area contributed by atoms with Crippen molar-refractivity contribution in [1.29, 1.82) is 0 Å². The largest absolute Gasteiger partial charge is 0.507 e. The Morgan fingerprint density at radius 2 is 2.20 bits per heavy atom. The van der Waals surface area contributed by atoms with Gasteiger partial charge >= 0.3 is 5.97 Å². The van der Waals surface area contributed by atoms with Gasteiger partial charge in [0.25, 0.3) is 0 Å². The number of ether oxygens (including phenoxy) is 2. The van der Waals surface area contributed by atoms with E-state index in [1.807, 2.05) is 0 Å². The molecule has 15 heavy (non-hydrogen) atoms. The van der Waals surface area contributed by atoms with E-state index in [1.54, 1.807) is 6.92 Å². The molecule has 0 aliphatic rings. The van der Waals surface area contributed by atoms with Crippen LogP contribution in [0.25, 0.3) is 0 Å². The molecule has 0 bridgehead atoms. The van der Waals surface area contributed by atoms with Crippen LogP contribution < -0.4 is 10.5 Å². The molecule has 5 heteroatoms. The standard InChI is InChI=1S/C10H13NO4/c1-3-15-10(13)6-4-7(11)9(14-2)5-8(6)12/h4-5,12H,3,11H2,1-2H3. The molecule has 0 aromatic heterocycles. The summed E-state index contributed by atoms with van der Waals surface area (Å²) in [5.74, 6) is -0.496. The molecule has 0 radical (unpaired) electrons. The second kappa shape index (κ2) is 4.54. The number of esters is 1. The van der Waals surface area contributed by atoms with E-state index < -0.39 is 5.97 Å². The van der Waals surface area contributed by atoms with Crippen molar-refractivity contribution in [3.8, 4) is 11.5 Å². The first kappa shape index (κ1) is 11.2. The van der Waals surface area contributed by atoms with Crippen LogP contribution in [0.15, 0.2) is 12.1 Å². The summed E-state index contributed by atoms with van der Waals surface area (Å²) in [7, 11) is 1.43. The van der Waals surface area contributed by atoms with E-state index in [4.69, 9.17) is 15.2 Å². The maximum Gasteiger partial charge on any atom is 0.341 e. The molecule has 0 saturated heterocycles. The lowest BCUT2D eigenvalue weighted by Gasteiger charge is -2.08. The summed E-state index contributed by atoms with van der Waals surface area (Å²) in [5, 5.41) is 9.51. The predicted octanol–water partition coefficient (Wildman–Crippen LogP) is 1.16. The van der Waals surface area contributed by atoms with E-state index in [9.17, 15) is 9.90 Å². The van der Waals surface area contributed by atoms with Gasteiger partial charge in [-0.25, -0.2) is 4.79 Å². The quantitative estimate of drug-likeness (QED) is 0.445. The number of hydrogen-bond acceptors (Lipinski definition) is 5. The van der Waals surface area contributed by atoms with Gasteiger partial charge in [0.1, 0.15) is 17.1 Å². The highest BCUT2D eigenvalue weighted by Crippen LogP contribution is 2.30. The van der Waals surface area contributed by atoms with Crippen LogP contribution in [0.2, 0.25) is 0 Å². The summed E-state index contributed by atoms with van der Waals surface area (Å²) in [5.41, 5.74) is 5.90. The van der Waals surface area contributed by atoms with Crippen molar-refractivity contribution >= 4 is 11.7 Å². The van der Waals surface area contributed by atoms with Gasteiger partial charge in [-0.1, -0.05) is 0 Å². The zero-order valence-electron chi connectivity index (χ0n) is 8.61. The van der Waals surface area contributed by atoms with Crippen LogP contribution in [0, 0.1) is 0 Å². The SMILES string of the molecule is CCOC(=O)c1cc(N)c(OC)cc1O. The Bertz CT molecular complexity index is 376. The normalized spacial score (nSPS) is 9.73. The van der Waals surface area contributed by atoms with E-state index in [2.05, 4.69) is 0 Å². The van der Waals surface area contributed by atoms with Gasteiger partial charge in [0.05, 0.1) is 19.4 Å². The summed E-state index contributed by atoms with van der Waals surface area (Å²) >= 11 is 0. The Hall–Kier alpha value is -1.91. The number of nitrogen functional groups attached to an aromatic ring is 1. The molecule has 0 heterocycles. The van der Waals surface area contributed by atoms with Crippen molar-refractivity contribution in [2.24, 2.45) is 0 Å². The molecule has 82 valence electrons. The van der Waals surface area contributed by atoms with Gasteiger partial charge in [-0.15, -0.1) is 0 Å². The number of aromatic hydroxyl groups is 1. The Morgan fingerprint density at radius 1 is 1.53 bits per heavy atom. The molecule has 0 amide bonds. The first-order chi connectivity index (χ1) is 7.10. The maximum atomic E-state index is 11.3. The van der Waals surface area contributed by atoms with Crippen molar-refractivity contribution < 1.29 is 19.4 Å².